The summed E-state index contributed by atoms with van der Waals surface area (Å²) >= 11 is 0. The monoisotopic (exact) mass is 104 g/mol. The lowest BCUT2D eigenvalue weighted by molar-refractivity contribution is -0.140. The first-order valence-corrected chi connectivity index (χ1v) is 1.90. The zero-order chi connectivity index (χ0) is 4.99. The molecule has 2 heteroatoms. The molecule has 0 unspecified atom stereocenters. The minimum Gasteiger partial charge on any atom is -0.466 e. The van der Waals surface area contributed by atoms with Crippen LogP contribution in [0.5, 0.6) is 0 Å². The molecule has 0 amide bonds. The van der Waals surface area contributed by atoms with Gasteiger partial charge in [0.15, 0.2) is 0 Å². The Labute approximate surface area is 44.5 Å². The zero-order valence-corrected chi connectivity index (χ0v) is 4.02. The highest BCUT2D eigenvalue weighted by Crippen LogP contribution is 1.69. The molecule has 0 N–H and O–H groups in total. The van der Waals surface area contributed by atoms with Gasteiger partial charge in [0.1, 0.15) is 0 Å². The van der Waals surface area contributed by atoms with Crippen LogP contribution in [0.3, 0.4) is 0 Å². The van der Waals surface area contributed by atoms with E-state index in [1.807, 2.05) is 0 Å². The smallest absolute Gasteiger partial charge is 0.302 e. The average molecular weight is 104 g/mol. The predicted molar refractivity (Wildman–Crippen MR) is 29.0 cm³/mol. The van der Waals surface area contributed by atoms with E-state index in [1.54, 1.807) is 6.92 Å². The molecule has 7 heavy (non-hydrogen) atoms. The third-order valence-electron chi connectivity index (χ3n) is 0.348. The lowest BCUT2D eigenvalue weighted by atomic mass is 10.8. The van der Waals surface area contributed by atoms with Crippen LogP contribution >= 0.6 is 0 Å². The Morgan fingerprint density at radius 1 is 1.71 bits per heavy atom. The van der Waals surface area contributed by atoms with Gasteiger partial charge in [-0.05, 0) is 6.92 Å². The zero-order valence-electron chi connectivity index (χ0n) is 4.02. The summed E-state index contributed by atoms with van der Waals surface area (Å²) in [5, 5.41) is 0. The molecule has 0 aromatic carbocycles. The number of hydrogen-bond acceptors (Lipinski definition) is 2. The van der Waals surface area contributed by atoms with Crippen molar-refractivity contribution < 1.29 is 9.53 Å². The van der Waals surface area contributed by atoms with Crippen LogP contribution in [0.1, 0.15) is 21.3 Å². The highest BCUT2D eigenvalue weighted by atomic mass is 16.5. The van der Waals surface area contributed by atoms with Crippen LogP contribution in [-0.2, 0) is 9.53 Å². The largest absolute Gasteiger partial charge is 0.466 e. The molecule has 0 atom stereocenters. The minimum absolute atomic E-state index is 0. The molecule has 0 bridgehead atoms. The van der Waals surface area contributed by atoms with Gasteiger partial charge in [-0.2, -0.15) is 0 Å². The summed E-state index contributed by atoms with van der Waals surface area (Å²) in [6.45, 7) is 3.65. The Kier molecular flexibility index (Phi) is 7.57. The van der Waals surface area contributed by atoms with E-state index in [0.717, 1.165) is 0 Å². The first kappa shape index (κ1) is 9.69. The van der Waals surface area contributed by atoms with Gasteiger partial charge in [-0.15, -0.1) is 0 Å². The van der Waals surface area contributed by atoms with Gasteiger partial charge in [-0.25, -0.2) is 0 Å². The standard InChI is InChI=1S/C4H8O2.CH4/c1-3-6-4(2)5;/h3H2,1-2H3;1H4. The van der Waals surface area contributed by atoms with Gasteiger partial charge >= 0.3 is 5.97 Å². The first-order chi connectivity index (χ1) is 2.77. The fourth-order valence-corrected chi connectivity index (χ4v) is 0.203. The van der Waals surface area contributed by atoms with Gasteiger partial charge < -0.3 is 4.74 Å². The minimum atomic E-state index is -0.211. The first-order valence-electron chi connectivity index (χ1n) is 1.90. The Hall–Kier alpha value is -0.530. The normalized spacial score (nSPS) is 6.57. The van der Waals surface area contributed by atoms with Crippen molar-refractivity contribution in [1.29, 1.82) is 0 Å². The number of carbonyl (C=O) groups is 1. The molecular formula is C5H12O2. The Balaban J connectivity index is 0. The molecule has 0 rings (SSSR count). The molecule has 0 aromatic heterocycles. The van der Waals surface area contributed by atoms with E-state index < -0.39 is 0 Å². The molecule has 0 saturated heterocycles. The van der Waals surface area contributed by atoms with Crippen molar-refractivity contribution in [2.45, 2.75) is 21.3 Å². The lowest BCUT2D eigenvalue weighted by Crippen LogP contribution is -1.95. The van der Waals surface area contributed by atoms with Crippen molar-refractivity contribution in [3.8, 4) is 0 Å². The highest BCUT2D eigenvalue weighted by Gasteiger charge is 1.81. The maximum Gasteiger partial charge on any atom is 0.302 e. The van der Waals surface area contributed by atoms with Crippen molar-refractivity contribution in [1.82, 2.24) is 0 Å². The molecule has 44 valence electrons. The lowest BCUT2D eigenvalue weighted by Gasteiger charge is -1.89. The second kappa shape index (κ2) is 5.47. The third kappa shape index (κ3) is 10.8. The van der Waals surface area contributed by atoms with Crippen molar-refractivity contribution in [2.75, 3.05) is 6.61 Å². The highest BCUT2D eigenvalue weighted by molar-refractivity contribution is 5.65. The van der Waals surface area contributed by atoms with Crippen molar-refractivity contribution in [2.24, 2.45) is 0 Å². The quantitative estimate of drug-likeness (QED) is 0.467. The molecule has 0 aliphatic heterocycles. The van der Waals surface area contributed by atoms with Crippen LogP contribution in [0.25, 0.3) is 0 Å². The van der Waals surface area contributed by atoms with Gasteiger partial charge in [0.25, 0.3) is 0 Å². The molecule has 0 aliphatic carbocycles. The van der Waals surface area contributed by atoms with E-state index in [2.05, 4.69) is 4.74 Å². The summed E-state index contributed by atoms with van der Waals surface area (Å²) in [7, 11) is 0. The summed E-state index contributed by atoms with van der Waals surface area (Å²) in [5.41, 5.74) is 0. The fraction of sp³-hybridized carbons (Fsp3) is 0.800. The maximum atomic E-state index is 9.82. The number of esters is 1. The van der Waals surface area contributed by atoms with Crippen LogP contribution < -0.4 is 0 Å². The fourth-order valence-electron chi connectivity index (χ4n) is 0.203. The van der Waals surface area contributed by atoms with E-state index in [-0.39, 0.29) is 13.4 Å². The Morgan fingerprint density at radius 2 is 2.14 bits per heavy atom. The van der Waals surface area contributed by atoms with Gasteiger partial charge in [-0.3, -0.25) is 4.79 Å². The topological polar surface area (TPSA) is 26.3 Å². The van der Waals surface area contributed by atoms with Gasteiger partial charge in [0, 0.05) is 6.92 Å². The molecule has 0 saturated carbocycles. The van der Waals surface area contributed by atoms with E-state index in [0.29, 0.717) is 6.61 Å². The van der Waals surface area contributed by atoms with Crippen LogP contribution in [0, 0.1) is 0 Å². The van der Waals surface area contributed by atoms with Crippen molar-refractivity contribution in [3.63, 3.8) is 0 Å². The summed E-state index contributed by atoms with van der Waals surface area (Å²) in [4.78, 5) is 9.82. The van der Waals surface area contributed by atoms with Gasteiger partial charge in [0.05, 0.1) is 6.61 Å². The van der Waals surface area contributed by atoms with Gasteiger partial charge in [-0.1, -0.05) is 7.43 Å². The molecule has 0 aliphatic rings. The second-order valence-corrected chi connectivity index (χ2v) is 0.925. The number of rotatable bonds is 1. The van der Waals surface area contributed by atoms with Crippen LogP contribution in [0.4, 0.5) is 0 Å². The van der Waals surface area contributed by atoms with E-state index >= 15 is 0 Å². The Morgan fingerprint density at radius 3 is 2.14 bits per heavy atom. The van der Waals surface area contributed by atoms with E-state index in [9.17, 15) is 4.79 Å². The molecular weight excluding hydrogens is 92.1 g/mol. The predicted octanol–water partition coefficient (Wildman–Crippen LogP) is 1.21. The molecule has 0 heterocycles. The van der Waals surface area contributed by atoms with Crippen LogP contribution in [0.15, 0.2) is 0 Å². The molecule has 2 nitrogen and oxygen atoms in total. The van der Waals surface area contributed by atoms with Gasteiger partial charge in [0.2, 0.25) is 0 Å². The SMILES string of the molecule is C.CCOC(C)=O. The summed E-state index contributed by atoms with van der Waals surface area (Å²) in [6.07, 6.45) is 0. The molecule has 0 aromatic rings. The molecule has 0 radical (unpaired) electrons. The maximum absolute atomic E-state index is 9.82. The number of carbonyl (C=O) groups excluding carboxylic acids is 1. The second-order valence-electron chi connectivity index (χ2n) is 0.925. The number of hydrogen-bond donors (Lipinski definition) is 0. The number of ether oxygens (including phenoxy) is 1. The third-order valence-corrected chi connectivity index (χ3v) is 0.348. The summed E-state index contributed by atoms with van der Waals surface area (Å²) in [5.74, 6) is -0.211. The van der Waals surface area contributed by atoms with Crippen molar-refractivity contribution in [3.05, 3.63) is 0 Å². The van der Waals surface area contributed by atoms with E-state index in [1.165, 1.54) is 6.92 Å². The summed E-state index contributed by atoms with van der Waals surface area (Å²) < 4.78 is 4.40. The molecule has 0 spiro atoms. The van der Waals surface area contributed by atoms with Crippen LogP contribution in [-0.4, -0.2) is 12.6 Å². The van der Waals surface area contributed by atoms with Crippen molar-refractivity contribution >= 4 is 5.97 Å². The van der Waals surface area contributed by atoms with Crippen LogP contribution in [0.2, 0.25) is 0 Å². The Bertz CT molecular complexity index is 50.0. The average Bonchev–Trinajstić information content (AvgIpc) is 1.35. The summed E-state index contributed by atoms with van der Waals surface area (Å²) in [6, 6.07) is 0. The molecule has 0 fully saturated rings. The van der Waals surface area contributed by atoms with E-state index in [4.69, 9.17) is 0 Å².